The molecule has 1 aromatic carbocycles. The molecule has 1 aromatic heterocycles. The highest BCUT2D eigenvalue weighted by atomic mass is 16.5. The summed E-state index contributed by atoms with van der Waals surface area (Å²) in [6.07, 6.45) is 0.358. The second-order valence-corrected chi connectivity index (χ2v) is 7.07. The smallest absolute Gasteiger partial charge is 0.305 e. The Labute approximate surface area is 152 Å². The van der Waals surface area contributed by atoms with E-state index in [-0.39, 0.29) is 18.9 Å². The highest BCUT2D eigenvalue weighted by molar-refractivity contribution is 5.96. The summed E-state index contributed by atoms with van der Waals surface area (Å²) in [4.78, 5) is 24.1. The molecule has 1 aliphatic rings. The molecule has 2 N–H and O–H groups in total. The van der Waals surface area contributed by atoms with Gasteiger partial charge in [-0.3, -0.25) is 9.59 Å². The Morgan fingerprint density at radius 2 is 2.04 bits per heavy atom. The van der Waals surface area contributed by atoms with Crippen LogP contribution in [0.4, 0.5) is 0 Å². The van der Waals surface area contributed by atoms with E-state index in [4.69, 9.17) is 4.74 Å². The topological polar surface area (TPSA) is 80.6 Å². The third-order valence-electron chi connectivity index (χ3n) is 4.91. The van der Waals surface area contributed by atoms with Crippen LogP contribution in [0.25, 0.3) is 5.69 Å². The summed E-state index contributed by atoms with van der Waals surface area (Å²) < 4.78 is 7.40. The van der Waals surface area contributed by atoms with Gasteiger partial charge in [0.05, 0.1) is 24.1 Å². The lowest BCUT2D eigenvalue weighted by Gasteiger charge is -2.27. The Bertz CT molecular complexity index is 847. The van der Waals surface area contributed by atoms with Crippen molar-refractivity contribution in [2.45, 2.75) is 39.2 Å². The monoisotopic (exact) mass is 356 g/mol. The summed E-state index contributed by atoms with van der Waals surface area (Å²) in [7, 11) is 0. The molecule has 1 saturated heterocycles. The van der Waals surface area contributed by atoms with Gasteiger partial charge >= 0.3 is 5.97 Å². The lowest BCUT2D eigenvalue weighted by atomic mass is 9.93. The van der Waals surface area contributed by atoms with E-state index < -0.39 is 11.5 Å². The standard InChI is InChI=1S/C20H24N2O4/c1-13-5-4-6-16(9-13)22-14(2)10-17(15(22)3)19(25)21-20(11-18(23)24)7-8-26-12-20/h4-6,9-10H,7-8,11-12H2,1-3H3,(H,21,25)(H,23,24). The quantitative estimate of drug-likeness (QED) is 0.863. The van der Waals surface area contributed by atoms with Crippen LogP contribution in [0.1, 0.15) is 40.2 Å². The summed E-state index contributed by atoms with van der Waals surface area (Å²) in [5.74, 6) is -1.20. The minimum atomic E-state index is -0.943. The van der Waals surface area contributed by atoms with Crippen LogP contribution >= 0.6 is 0 Å². The van der Waals surface area contributed by atoms with Crippen molar-refractivity contribution in [3.05, 3.63) is 52.8 Å². The maximum absolute atomic E-state index is 12.9. The number of carboxylic acids is 1. The summed E-state index contributed by atoms with van der Waals surface area (Å²) in [6.45, 7) is 6.57. The lowest BCUT2D eigenvalue weighted by Crippen LogP contribution is -2.50. The first-order valence-corrected chi connectivity index (χ1v) is 8.69. The zero-order chi connectivity index (χ0) is 18.9. The van der Waals surface area contributed by atoms with Crippen molar-refractivity contribution in [3.63, 3.8) is 0 Å². The molecule has 0 spiro atoms. The van der Waals surface area contributed by atoms with Crippen LogP contribution in [-0.4, -0.2) is 40.3 Å². The molecule has 3 rings (SSSR count). The van der Waals surface area contributed by atoms with Crippen LogP contribution in [0, 0.1) is 20.8 Å². The highest BCUT2D eigenvalue weighted by Gasteiger charge is 2.39. The Kier molecular flexibility index (Phi) is 4.87. The Morgan fingerprint density at radius 1 is 1.27 bits per heavy atom. The second kappa shape index (κ2) is 6.96. The number of aliphatic carboxylic acids is 1. The van der Waals surface area contributed by atoms with Crippen LogP contribution in [0.15, 0.2) is 30.3 Å². The Morgan fingerprint density at radius 3 is 2.65 bits per heavy atom. The van der Waals surface area contributed by atoms with Crippen molar-refractivity contribution in [3.8, 4) is 5.69 Å². The minimum absolute atomic E-state index is 0.143. The van der Waals surface area contributed by atoms with Gasteiger partial charge in [-0.1, -0.05) is 12.1 Å². The molecule has 6 nitrogen and oxygen atoms in total. The molecule has 1 atom stereocenters. The summed E-state index contributed by atoms with van der Waals surface area (Å²) in [5.41, 5.74) is 3.64. The van der Waals surface area contributed by atoms with E-state index in [1.54, 1.807) is 0 Å². The number of aryl methyl sites for hydroxylation is 2. The van der Waals surface area contributed by atoms with Gasteiger partial charge in [-0.05, 0) is 51.0 Å². The van der Waals surface area contributed by atoms with Crippen LogP contribution in [0.5, 0.6) is 0 Å². The fourth-order valence-electron chi connectivity index (χ4n) is 3.64. The largest absolute Gasteiger partial charge is 0.481 e. The normalized spacial score (nSPS) is 19.5. The molecular formula is C20H24N2O4. The van der Waals surface area contributed by atoms with Gasteiger partial charge in [-0.25, -0.2) is 0 Å². The van der Waals surface area contributed by atoms with Crippen LogP contribution in [-0.2, 0) is 9.53 Å². The van der Waals surface area contributed by atoms with Crippen molar-refractivity contribution in [1.82, 2.24) is 9.88 Å². The van der Waals surface area contributed by atoms with Crippen molar-refractivity contribution in [1.29, 1.82) is 0 Å². The zero-order valence-electron chi connectivity index (χ0n) is 15.3. The summed E-state index contributed by atoms with van der Waals surface area (Å²) in [5, 5.41) is 12.1. The number of carbonyl (C=O) groups excluding carboxylic acids is 1. The van der Waals surface area contributed by atoms with E-state index in [1.165, 1.54) is 0 Å². The van der Waals surface area contributed by atoms with Gasteiger partial charge in [0.1, 0.15) is 0 Å². The first-order chi connectivity index (χ1) is 12.3. The molecule has 0 saturated carbocycles. The van der Waals surface area contributed by atoms with Gasteiger partial charge in [0.15, 0.2) is 0 Å². The number of carbonyl (C=O) groups is 2. The van der Waals surface area contributed by atoms with Crippen LogP contribution in [0.2, 0.25) is 0 Å². The van der Waals surface area contributed by atoms with E-state index in [9.17, 15) is 14.7 Å². The van der Waals surface area contributed by atoms with Gasteiger partial charge in [-0.2, -0.15) is 0 Å². The number of nitrogens with zero attached hydrogens (tertiary/aromatic N) is 1. The zero-order valence-corrected chi connectivity index (χ0v) is 15.3. The van der Waals surface area contributed by atoms with Gasteiger partial charge in [0.2, 0.25) is 0 Å². The number of nitrogens with one attached hydrogen (secondary N) is 1. The maximum atomic E-state index is 12.9. The molecule has 138 valence electrons. The highest BCUT2D eigenvalue weighted by Crippen LogP contribution is 2.26. The molecule has 0 bridgehead atoms. The minimum Gasteiger partial charge on any atom is -0.481 e. The number of hydrogen-bond donors (Lipinski definition) is 2. The number of rotatable bonds is 5. The van der Waals surface area contributed by atoms with E-state index in [0.717, 1.165) is 22.6 Å². The lowest BCUT2D eigenvalue weighted by molar-refractivity contribution is -0.138. The van der Waals surface area contributed by atoms with E-state index in [2.05, 4.69) is 11.4 Å². The third-order valence-corrected chi connectivity index (χ3v) is 4.91. The number of ether oxygens (including phenoxy) is 1. The molecule has 26 heavy (non-hydrogen) atoms. The molecular weight excluding hydrogens is 332 g/mol. The fourth-order valence-corrected chi connectivity index (χ4v) is 3.64. The fraction of sp³-hybridized carbons (Fsp3) is 0.400. The number of carboxylic acid groups (broad SMARTS) is 1. The molecule has 1 amide bonds. The molecule has 0 aliphatic carbocycles. The molecule has 0 radical (unpaired) electrons. The van der Waals surface area contributed by atoms with E-state index in [1.807, 2.05) is 49.6 Å². The molecule has 2 heterocycles. The van der Waals surface area contributed by atoms with E-state index in [0.29, 0.717) is 18.6 Å². The molecule has 1 aliphatic heterocycles. The molecule has 1 unspecified atom stereocenters. The Hall–Kier alpha value is -2.60. The van der Waals surface area contributed by atoms with Crippen molar-refractivity contribution < 1.29 is 19.4 Å². The molecule has 2 aromatic rings. The first-order valence-electron chi connectivity index (χ1n) is 8.69. The number of amides is 1. The average molecular weight is 356 g/mol. The first kappa shape index (κ1) is 18.2. The van der Waals surface area contributed by atoms with Crippen molar-refractivity contribution >= 4 is 11.9 Å². The van der Waals surface area contributed by atoms with Gasteiger partial charge in [0.25, 0.3) is 5.91 Å². The van der Waals surface area contributed by atoms with E-state index >= 15 is 0 Å². The van der Waals surface area contributed by atoms with Crippen LogP contribution < -0.4 is 5.32 Å². The number of hydrogen-bond acceptors (Lipinski definition) is 3. The summed E-state index contributed by atoms with van der Waals surface area (Å²) in [6, 6.07) is 9.93. The van der Waals surface area contributed by atoms with Crippen molar-refractivity contribution in [2.24, 2.45) is 0 Å². The van der Waals surface area contributed by atoms with Gasteiger partial charge in [0, 0.05) is 23.7 Å². The van der Waals surface area contributed by atoms with Gasteiger partial charge in [-0.15, -0.1) is 0 Å². The number of benzene rings is 1. The second-order valence-electron chi connectivity index (χ2n) is 7.07. The summed E-state index contributed by atoms with van der Waals surface area (Å²) >= 11 is 0. The SMILES string of the molecule is Cc1cccc(-n2c(C)cc(C(=O)NC3(CC(=O)O)CCOC3)c2C)c1. The third kappa shape index (κ3) is 3.51. The predicted molar refractivity (Wildman–Crippen MR) is 97.9 cm³/mol. The molecule has 6 heteroatoms. The van der Waals surface area contributed by atoms with Crippen molar-refractivity contribution in [2.75, 3.05) is 13.2 Å². The maximum Gasteiger partial charge on any atom is 0.305 e. The number of aromatic nitrogens is 1. The predicted octanol–water partition coefficient (Wildman–Crippen LogP) is 2.77. The Balaban J connectivity index is 1.91. The van der Waals surface area contributed by atoms with Gasteiger partial charge < -0.3 is 19.7 Å². The van der Waals surface area contributed by atoms with Crippen LogP contribution in [0.3, 0.4) is 0 Å². The molecule has 1 fully saturated rings. The average Bonchev–Trinajstić information content (AvgIpc) is 3.11.